The van der Waals surface area contributed by atoms with Crippen molar-refractivity contribution in [1.82, 2.24) is 14.7 Å². The van der Waals surface area contributed by atoms with E-state index in [2.05, 4.69) is 24.3 Å². The van der Waals surface area contributed by atoms with E-state index in [1.54, 1.807) is 9.58 Å². The Kier molecular flexibility index (Phi) is 7.87. The second-order valence-corrected chi connectivity index (χ2v) is 8.16. The van der Waals surface area contributed by atoms with Crippen molar-refractivity contribution in [2.75, 3.05) is 25.0 Å². The lowest BCUT2D eigenvalue weighted by Gasteiger charge is -2.19. The van der Waals surface area contributed by atoms with Gasteiger partial charge in [0, 0.05) is 13.1 Å². The topological polar surface area (TPSA) is 76.5 Å². The van der Waals surface area contributed by atoms with Crippen LogP contribution in [-0.4, -0.2) is 46.2 Å². The van der Waals surface area contributed by atoms with Crippen LogP contribution >= 0.6 is 0 Å². The van der Waals surface area contributed by atoms with Crippen molar-refractivity contribution in [3.05, 3.63) is 71.4 Å². The molecule has 1 aromatic heterocycles. The minimum absolute atomic E-state index is 0.179. The van der Waals surface area contributed by atoms with Gasteiger partial charge in [-0.3, -0.25) is 9.59 Å². The van der Waals surface area contributed by atoms with Crippen LogP contribution in [0.1, 0.15) is 55.1 Å². The Morgan fingerprint density at radius 3 is 2.42 bits per heavy atom. The first-order valence-electron chi connectivity index (χ1n) is 11.3. The zero-order chi connectivity index (χ0) is 24.0. The van der Waals surface area contributed by atoms with Crippen molar-refractivity contribution in [1.29, 1.82) is 0 Å². The molecule has 33 heavy (non-hydrogen) atoms. The highest BCUT2D eigenvalue weighted by molar-refractivity contribution is 6.03. The summed E-state index contributed by atoms with van der Waals surface area (Å²) < 4.78 is 7.46. The summed E-state index contributed by atoms with van der Waals surface area (Å²) in [5.74, 6) is 0.745. The molecule has 2 amide bonds. The number of rotatable bonds is 9. The van der Waals surface area contributed by atoms with Crippen LogP contribution in [0, 0.1) is 6.92 Å². The molecule has 0 spiro atoms. The van der Waals surface area contributed by atoms with Gasteiger partial charge < -0.3 is 15.0 Å². The second-order valence-electron chi connectivity index (χ2n) is 8.16. The Balaban J connectivity index is 1.87. The predicted molar refractivity (Wildman–Crippen MR) is 130 cm³/mol. The molecule has 7 heteroatoms. The van der Waals surface area contributed by atoms with Gasteiger partial charge in [0.2, 0.25) is 0 Å². The molecule has 0 unspecified atom stereocenters. The molecule has 0 aliphatic rings. The summed E-state index contributed by atoms with van der Waals surface area (Å²) in [6, 6.07) is 15.4. The van der Waals surface area contributed by atoms with E-state index in [0.717, 1.165) is 16.8 Å². The van der Waals surface area contributed by atoms with E-state index in [-0.39, 0.29) is 24.3 Å². The van der Waals surface area contributed by atoms with Gasteiger partial charge in [0.1, 0.15) is 17.1 Å². The van der Waals surface area contributed by atoms with Crippen LogP contribution in [0.2, 0.25) is 0 Å². The van der Waals surface area contributed by atoms with E-state index in [9.17, 15) is 9.59 Å². The Morgan fingerprint density at radius 1 is 1.09 bits per heavy atom. The van der Waals surface area contributed by atoms with Gasteiger partial charge >= 0.3 is 0 Å². The summed E-state index contributed by atoms with van der Waals surface area (Å²) in [5, 5.41) is 7.26. The highest BCUT2D eigenvalue weighted by Crippen LogP contribution is 2.28. The van der Waals surface area contributed by atoms with Crippen molar-refractivity contribution in [3.8, 4) is 11.4 Å². The normalized spacial score (nSPS) is 10.8. The SMILES string of the molecule is CCN(CC)C(=O)c1cnn(-c2ccccc2)c1NC(=O)COc1cc(C)ccc1C(C)C. The Hall–Kier alpha value is -3.61. The fourth-order valence-corrected chi connectivity index (χ4v) is 3.63. The lowest BCUT2D eigenvalue weighted by Crippen LogP contribution is -2.31. The molecule has 174 valence electrons. The van der Waals surface area contributed by atoms with Crippen molar-refractivity contribution in [2.24, 2.45) is 0 Å². The summed E-state index contributed by atoms with van der Waals surface area (Å²) in [6.07, 6.45) is 1.50. The monoisotopic (exact) mass is 448 g/mol. The van der Waals surface area contributed by atoms with E-state index >= 15 is 0 Å². The van der Waals surface area contributed by atoms with Crippen LogP contribution in [-0.2, 0) is 4.79 Å². The molecule has 3 aromatic rings. The number of aryl methyl sites for hydroxylation is 1. The minimum Gasteiger partial charge on any atom is -0.483 e. The second kappa shape index (κ2) is 10.8. The molecule has 1 heterocycles. The number of anilines is 1. The van der Waals surface area contributed by atoms with Crippen LogP contribution in [0.25, 0.3) is 5.69 Å². The van der Waals surface area contributed by atoms with Crippen LogP contribution < -0.4 is 10.1 Å². The van der Waals surface area contributed by atoms with Crippen LogP contribution in [0.3, 0.4) is 0 Å². The number of hydrogen-bond donors (Lipinski definition) is 1. The van der Waals surface area contributed by atoms with E-state index in [4.69, 9.17) is 4.74 Å². The lowest BCUT2D eigenvalue weighted by atomic mass is 10.0. The average Bonchev–Trinajstić information content (AvgIpc) is 3.22. The molecule has 7 nitrogen and oxygen atoms in total. The molecule has 0 bridgehead atoms. The maximum atomic E-state index is 13.1. The van der Waals surface area contributed by atoms with Gasteiger partial charge in [-0.25, -0.2) is 4.68 Å². The number of carbonyl (C=O) groups excluding carboxylic acids is 2. The fraction of sp³-hybridized carbons (Fsp3) is 0.346. The standard InChI is InChI=1S/C26H32N4O3/c1-6-29(7-2)26(32)22-16-27-30(20-11-9-8-10-12-20)25(22)28-24(31)17-33-23-15-19(5)13-14-21(23)18(3)4/h8-16,18H,6-7,17H2,1-5H3,(H,28,31). The van der Waals surface area contributed by atoms with Crippen LogP contribution in [0.4, 0.5) is 5.82 Å². The molecule has 0 aliphatic heterocycles. The first-order chi connectivity index (χ1) is 15.8. The number of benzene rings is 2. The summed E-state index contributed by atoms with van der Waals surface area (Å²) in [6.45, 7) is 10.9. The third kappa shape index (κ3) is 5.61. The van der Waals surface area contributed by atoms with Gasteiger partial charge in [-0.2, -0.15) is 5.10 Å². The van der Waals surface area contributed by atoms with Gasteiger partial charge in [0.25, 0.3) is 11.8 Å². The molecule has 0 atom stereocenters. The van der Waals surface area contributed by atoms with Gasteiger partial charge in [0.05, 0.1) is 11.9 Å². The number of nitrogens with zero attached hydrogens (tertiary/aromatic N) is 3. The first kappa shape index (κ1) is 24.0. The average molecular weight is 449 g/mol. The van der Waals surface area contributed by atoms with Gasteiger partial charge in [-0.15, -0.1) is 0 Å². The number of hydrogen-bond acceptors (Lipinski definition) is 4. The third-order valence-electron chi connectivity index (χ3n) is 5.46. The smallest absolute Gasteiger partial charge is 0.263 e. The summed E-state index contributed by atoms with van der Waals surface area (Å²) >= 11 is 0. The molecule has 0 saturated carbocycles. The molecule has 3 rings (SSSR count). The summed E-state index contributed by atoms with van der Waals surface area (Å²) in [4.78, 5) is 27.7. The van der Waals surface area contributed by atoms with Gasteiger partial charge in [-0.1, -0.05) is 44.2 Å². The zero-order valence-corrected chi connectivity index (χ0v) is 20.0. The Morgan fingerprint density at radius 2 is 1.79 bits per heavy atom. The van der Waals surface area contributed by atoms with Gasteiger partial charge in [-0.05, 0) is 56.0 Å². The van der Waals surface area contributed by atoms with Crippen LogP contribution in [0.5, 0.6) is 5.75 Å². The molecule has 2 aromatic carbocycles. The quantitative estimate of drug-likeness (QED) is 0.510. The van der Waals surface area contributed by atoms with E-state index in [0.29, 0.717) is 30.2 Å². The summed E-state index contributed by atoms with van der Waals surface area (Å²) in [7, 11) is 0. The van der Waals surface area contributed by atoms with E-state index in [1.165, 1.54) is 6.20 Å². The van der Waals surface area contributed by atoms with E-state index in [1.807, 2.05) is 69.3 Å². The number of para-hydroxylation sites is 1. The van der Waals surface area contributed by atoms with Crippen molar-refractivity contribution in [3.63, 3.8) is 0 Å². The molecule has 0 aliphatic carbocycles. The number of nitrogens with one attached hydrogen (secondary N) is 1. The highest BCUT2D eigenvalue weighted by atomic mass is 16.5. The maximum Gasteiger partial charge on any atom is 0.263 e. The highest BCUT2D eigenvalue weighted by Gasteiger charge is 2.23. The number of aromatic nitrogens is 2. The largest absolute Gasteiger partial charge is 0.483 e. The molecule has 0 radical (unpaired) electrons. The number of ether oxygens (including phenoxy) is 1. The predicted octanol–water partition coefficient (Wildman–Crippen LogP) is 4.80. The zero-order valence-electron chi connectivity index (χ0n) is 20.0. The lowest BCUT2D eigenvalue weighted by molar-refractivity contribution is -0.118. The fourth-order valence-electron chi connectivity index (χ4n) is 3.63. The van der Waals surface area contributed by atoms with Crippen molar-refractivity contribution >= 4 is 17.6 Å². The Labute approximate surface area is 195 Å². The Bertz CT molecular complexity index is 1100. The third-order valence-corrected chi connectivity index (χ3v) is 5.46. The summed E-state index contributed by atoms with van der Waals surface area (Å²) in [5.41, 5.74) is 3.19. The first-order valence-corrected chi connectivity index (χ1v) is 11.3. The molecule has 0 fully saturated rings. The van der Waals surface area contributed by atoms with Crippen LogP contribution in [0.15, 0.2) is 54.7 Å². The molecular formula is C26H32N4O3. The van der Waals surface area contributed by atoms with Crippen molar-refractivity contribution in [2.45, 2.75) is 40.5 Å². The maximum absolute atomic E-state index is 13.1. The molecule has 0 saturated heterocycles. The van der Waals surface area contributed by atoms with E-state index < -0.39 is 0 Å². The number of amides is 2. The molecular weight excluding hydrogens is 416 g/mol. The number of carbonyl (C=O) groups is 2. The minimum atomic E-state index is -0.363. The van der Waals surface area contributed by atoms with Crippen molar-refractivity contribution < 1.29 is 14.3 Å². The van der Waals surface area contributed by atoms with Gasteiger partial charge in [0.15, 0.2) is 6.61 Å². The molecule has 1 N–H and O–H groups in total.